The molecule has 0 heterocycles. The Morgan fingerprint density at radius 2 is 1.59 bits per heavy atom. The number of anilines is 1. The number of carbonyl (C=O) groups is 2. The van der Waals surface area contributed by atoms with Crippen molar-refractivity contribution in [2.75, 3.05) is 26.6 Å². The number of carbonyl (C=O) groups excluding carboxylic acids is 2. The van der Waals surface area contributed by atoms with Gasteiger partial charge in [-0.1, -0.05) is 30.9 Å². The predicted octanol–water partition coefficient (Wildman–Crippen LogP) is 4.56. The molecule has 34 heavy (non-hydrogen) atoms. The van der Waals surface area contributed by atoms with E-state index < -0.39 is 5.91 Å². The van der Waals surface area contributed by atoms with E-state index in [9.17, 15) is 9.59 Å². The SMILES string of the molecule is COc1cc(C(=O)NC(=S)Nc2ccc(Cl)c(C(=O)NC3CCCCC3)c2)cc(OC)c1OC. The highest BCUT2D eigenvalue weighted by Crippen LogP contribution is 2.38. The average Bonchev–Trinajstić information content (AvgIpc) is 2.84. The van der Waals surface area contributed by atoms with E-state index in [1.54, 1.807) is 18.2 Å². The van der Waals surface area contributed by atoms with E-state index in [0.29, 0.717) is 33.5 Å². The summed E-state index contributed by atoms with van der Waals surface area (Å²) in [5.41, 5.74) is 1.13. The van der Waals surface area contributed by atoms with E-state index in [0.717, 1.165) is 25.7 Å². The molecule has 0 bridgehead atoms. The number of nitrogens with one attached hydrogen (secondary N) is 3. The van der Waals surface area contributed by atoms with Crippen LogP contribution in [0.2, 0.25) is 5.02 Å². The summed E-state index contributed by atoms with van der Waals surface area (Å²) >= 11 is 11.6. The number of thiocarbonyl (C=S) groups is 1. The maximum atomic E-state index is 12.8. The molecule has 1 saturated carbocycles. The fourth-order valence-corrected chi connectivity index (χ4v) is 4.25. The first-order valence-corrected chi connectivity index (χ1v) is 11.7. The molecule has 182 valence electrons. The van der Waals surface area contributed by atoms with Gasteiger partial charge in [-0.25, -0.2) is 0 Å². The highest BCUT2D eigenvalue weighted by molar-refractivity contribution is 7.80. The molecular formula is C24H28ClN3O5S. The number of amides is 2. The zero-order valence-corrected chi connectivity index (χ0v) is 20.9. The van der Waals surface area contributed by atoms with Crippen LogP contribution < -0.4 is 30.2 Å². The molecule has 10 heteroatoms. The second kappa shape index (κ2) is 11.9. The first-order chi connectivity index (χ1) is 16.4. The quantitative estimate of drug-likeness (QED) is 0.475. The molecule has 3 N–H and O–H groups in total. The lowest BCUT2D eigenvalue weighted by molar-refractivity contribution is 0.0926. The Morgan fingerprint density at radius 1 is 0.941 bits per heavy atom. The molecular weight excluding hydrogens is 478 g/mol. The monoisotopic (exact) mass is 505 g/mol. The zero-order chi connectivity index (χ0) is 24.7. The first kappa shape index (κ1) is 25.6. The minimum absolute atomic E-state index is 0.0553. The summed E-state index contributed by atoms with van der Waals surface area (Å²) < 4.78 is 15.9. The molecule has 1 aliphatic rings. The second-order valence-corrected chi connectivity index (χ2v) is 8.64. The molecule has 8 nitrogen and oxygen atoms in total. The molecule has 2 amide bonds. The fourth-order valence-electron chi connectivity index (χ4n) is 3.84. The molecule has 2 aromatic carbocycles. The van der Waals surface area contributed by atoms with Gasteiger partial charge in [-0.05, 0) is 55.4 Å². The average molecular weight is 506 g/mol. The van der Waals surface area contributed by atoms with Crippen molar-refractivity contribution in [1.82, 2.24) is 10.6 Å². The fraction of sp³-hybridized carbons (Fsp3) is 0.375. The Morgan fingerprint density at radius 3 is 2.18 bits per heavy atom. The number of methoxy groups -OCH3 is 3. The molecule has 1 fully saturated rings. The smallest absolute Gasteiger partial charge is 0.257 e. The largest absolute Gasteiger partial charge is 0.493 e. The van der Waals surface area contributed by atoms with Crippen LogP contribution in [0.5, 0.6) is 17.2 Å². The number of rotatable bonds is 7. The Hall–Kier alpha value is -3.04. The van der Waals surface area contributed by atoms with Crippen LogP contribution in [0, 0.1) is 0 Å². The van der Waals surface area contributed by atoms with Gasteiger partial charge in [0, 0.05) is 17.3 Å². The molecule has 0 spiro atoms. The van der Waals surface area contributed by atoms with Crippen molar-refractivity contribution in [3.8, 4) is 17.2 Å². The maximum absolute atomic E-state index is 12.8. The number of halogens is 1. The van der Waals surface area contributed by atoms with Crippen molar-refractivity contribution >= 4 is 46.4 Å². The molecule has 0 saturated heterocycles. The van der Waals surface area contributed by atoms with Crippen molar-refractivity contribution in [2.45, 2.75) is 38.1 Å². The van der Waals surface area contributed by atoms with E-state index >= 15 is 0 Å². The number of ether oxygens (including phenoxy) is 3. The molecule has 0 radical (unpaired) electrons. The Labute approximate surface area is 209 Å². The van der Waals surface area contributed by atoms with E-state index in [4.69, 9.17) is 38.0 Å². The van der Waals surface area contributed by atoms with E-state index in [1.165, 1.54) is 39.9 Å². The Bertz CT molecular complexity index is 1050. The van der Waals surface area contributed by atoms with E-state index in [1.807, 2.05) is 0 Å². The number of benzene rings is 2. The summed E-state index contributed by atoms with van der Waals surface area (Å²) in [5.74, 6) is 0.366. The standard InChI is InChI=1S/C24H28ClN3O5S/c1-31-19-11-14(12-20(32-2)21(19)33-3)22(29)28-24(34)27-16-9-10-18(25)17(13-16)23(30)26-15-7-5-4-6-8-15/h9-13,15H,4-8H2,1-3H3,(H,26,30)(H2,27,28,29,34). The van der Waals surface area contributed by atoms with E-state index in [2.05, 4.69) is 16.0 Å². The van der Waals surface area contributed by atoms with Crippen LogP contribution in [-0.4, -0.2) is 44.3 Å². The summed E-state index contributed by atoms with van der Waals surface area (Å²) in [7, 11) is 4.41. The van der Waals surface area contributed by atoms with Gasteiger partial charge in [0.2, 0.25) is 5.75 Å². The topological polar surface area (TPSA) is 97.9 Å². The third-order valence-corrected chi connectivity index (χ3v) is 6.10. The minimum atomic E-state index is -0.471. The van der Waals surface area contributed by atoms with Gasteiger partial charge in [-0.2, -0.15) is 0 Å². The number of hydrogen-bond acceptors (Lipinski definition) is 6. The van der Waals surface area contributed by atoms with Crippen LogP contribution in [0.4, 0.5) is 5.69 Å². The number of hydrogen-bond donors (Lipinski definition) is 3. The predicted molar refractivity (Wildman–Crippen MR) is 136 cm³/mol. The van der Waals surface area contributed by atoms with Crippen molar-refractivity contribution < 1.29 is 23.8 Å². The van der Waals surface area contributed by atoms with Gasteiger partial charge in [0.15, 0.2) is 16.6 Å². The van der Waals surface area contributed by atoms with Gasteiger partial charge in [0.1, 0.15) is 0 Å². The van der Waals surface area contributed by atoms with Crippen molar-refractivity contribution in [3.05, 3.63) is 46.5 Å². The Balaban J connectivity index is 1.68. The molecule has 3 rings (SSSR count). The summed E-state index contributed by atoms with van der Waals surface area (Å²) in [4.78, 5) is 25.5. The van der Waals surface area contributed by atoms with Crippen molar-refractivity contribution in [3.63, 3.8) is 0 Å². The van der Waals surface area contributed by atoms with Crippen LogP contribution >= 0.6 is 23.8 Å². The first-order valence-electron chi connectivity index (χ1n) is 10.9. The molecule has 1 aliphatic carbocycles. The van der Waals surface area contributed by atoms with Gasteiger partial charge in [-0.3, -0.25) is 14.9 Å². The van der Waals surface area contributed by atoms with Crippen LogP contribution in [0.15, 0.2) is 30.3 Å². The van der Waals surface area contributed by atoms with Crippen LogP contribution in [0.1, 0.15) is 52.8 Å². The van der Waals surface area contributed by atoms with Crippen LogP contribution in [0.25, 0.3) is 0 Å². The van der Waals surface area contributed by atoms with Crippen LogP contribution in [-0.2, 0) is 0 Å². The highest BCUT2D eigenvalue weighted by atomic mass is 35.5. The summed E-state index contributed by atoms with van der Waals surface area (Å²) in [6.07, 6.45) is 5.36. The van der Waals surface area contributed by atoms with Crippen molar-refractivity contribution in [1.29, 1.82) is 0 Å². The lowest BCUT2D eigenvalue weighted by Gasteiger charge is -2.23. The van der Waals surface area contributed by atoms with Crippen LogP contribution in [0.3, 0.4) is 0 Å². The third-order valence-electron chi connectivity index (χ3n) is 5.56. The summed E-state index contributed by atoms with van der Waals surface area (Å²) in [6.45, 7) is 0. The molecule has 0 unspecified atom stereocenters. The van der Waals surface area contributed by atoms with Gasteiger partial charge in [0.05, 0.1) is 31.9 Å². The second-order valence-electron chi connectivity index (χ2n) is 7.83. The van der Waals surface area contributed by atoms with E-state index in [-0.39, 0.29) is 22.6 Å². The van der Waals surface area contributed by atoms with Gasteiger partial charge >= 0.3 is 0 Å². The minimum Gasteiger partial charge on any atom is -0.493 e. The lowest BCUT2D eigenvalue weighted by atomic mass is 9.95. The highest BCUT2D eigenvalue weighted by Gasteiger charge is 2.20. The third kappa shape index (κ3) is 6.30. The lowest BCUT2D eigenvalue weighted by Crippen LogP contribution is -2.36. The van der Waals surface area contributed by atoms with Gasteiger partial charge < -0.3 is 24.8 Å². The molecule has 2 aromatic rings. The molecule has 0 atom stereocenters. The molecule has 0 aliphatic heterocycles. The molecule has 0 aromatic heterocycles. The normalized spacial score (nSPS) is 13.5. The van der Waals surface area contributed by atoms with Gasteiger partial charge in [-0.15, -0.1) is 0 Å². The zero-order valence-electron chi connectivity index (χ0n) is 19.3. The maximum Gasteiger partial charge on any atom is 0.257 e. The summed E-state index contributed by atoms with van der Waals surface area (Å²) in [6, 6.07) is 8.11. The summed E-state index contributed by atoms with van der Waals surface area (Å²) in [5, 5.41) is 8.98. The van der Waals surface area contributed by atoms with Crippen molar-refractivity contribution in [2.24, 2.45) is 0 Å². The van der Waals surface area contributed by atoms with Gasteiger partial charge in [0.25, 0.3) is 11.8 Å². The Kier molecular flexibility index (Phi) is 8.95.